The van der Waals surface area contributed by atoms with Crippen LogP contribution in [0.4, 0.5) is 11.5 Å². The summed E-state index contributed by atoms with van der Waals surface area (Å²) < 4.78 is 15.7. The van der Waals surface area contributed by atoms with Crippen molar-refractivity contribution in [3.8, 4) is 22.9 Å². The number of furan rings is 1. The molecule has 0 unspecified atom stereocenters. The molecule has 0 atom stereocenters. The van der Waals surface area contributed by atoms with Crippen LogP contribution in [0.1, 0.15) is 0 Å². The van der Waals surface area contributed by atoms with Gasteiger partial charge in [0.05, 0.1) is 32.2 Å². The van der Waals surface area contributed by atoms with Crippen molar-refractivity contribution in [3.63, 3.8) is 0 Å². The molecule has 0 saturated heterocycles. The normalized spacial score (nSPS) is 10.8. The Labute approximate surface area is 142 Å². The van der Waals surface area contributed by atoms with E-state index in [1.165, 1.54) is 0 Å². The summed E-state index contributed by atoms with van der Waals surface area (Å²) in [5.74, 6) is 2.43. The van der Waals surface area contributed by atoms with E-state index in [1.807, 2.05) is 18.2 Å². The topological polar surface area (TPSA) is 98.1 Å². The molecule has 1 aromatic carbocycles. The maximum absolute atomic E-state index is 5.34. The average Bonchev–Trinajstić information content (AvgIpc) is 3.33. The number of anilines is 2. The van der Waals surface area contributed by atoms with Crippen LogP contribution in [-0.4, -0.2) is 34.4 Å². The third-order valence-corrected chi connectivity index (χ3v) is 3.73. The summed E-state index contributed by atoms with van der Waals surface area (Å²) in [4.78, 5) is 9.07. The molecule has 0 radical (unpaired) electrons. The van der Waals surface area contributed by atoms with Gasteiger partial charge in [-0.05, 0) is 18.2 Å². The van der Waals surface area contributed by atoms with Crippen LogP contribution in [0.5, 0.6) is 11.5 Å². The number of hydrogen-bond donors (Lipinski definition) is 2. The Balaban J connectivity index is 1.77. The lowest BCUT2D eigenvalue weighted by Crippen LogP contribution is -1.99. The number of nitrogens with zero attached hydrogens (tertiary/aromatic N) is 3. The Morgan fingerprint density at radius 3 is 2.72 bits per heavy atom. The van der Waals surface area contributed by atoms with Gasteiger partial charge in [0, 0.05) is 11.8 Å². The average molecular weight is 337 g/mol. The molecule has 25 heavy (non-hydrogen) atoms. The lowest BCUT2D eigenvalue weighted by molar-refractivity contribution is 0.355. The third-order valence-electron chi connectivity index (χ3n) is 3.73. The number of H-pyrrole nitrogens is 1. The first-order valence-corrected chi connectivity index (χ1v) is 7.51. The second-order valence-corrected chi connectivity index (χ2v) is 5.23. The molecule has 2 N–H and O–H groups in total. The SMILES string of the molecule is COc1ccc(Nc2nc(-c3ccoc3)nc3cn[nH]c23)cc1OC. The quantitative estimate of drug-likeness (QED) is 0.576. The van der Waals surface area contributed by atoms with Gasteiger partial charge in [-0.15, -0.1) is 0 Å². The van der Waals surface area contributed by atoms with Crippen molar-refractivity contribution in [1.29, 1.82) is 0 Å². The Kier molecular flexibility index (Phi) is 3.70. The molecule has 0 bridgehead atoms. The van der Waals surface area contributed by atoms with E-state index in [2.05, 4.69) is 25.5 Å². The molecule has 8 nitrogen and oxygen atoms in total. The minimum atomic E-state index is 0.547. The Hall–Kier alpha value is -3.55. The van der Waals surface area contributed by atoms with Gasteiger partial charge < -0.3 is 19.2 Å². The zero-order chi connectivity index (χ0) is 17.2. The first-order chi connectivity index (χ1) is 12.3. The number of fused-ring (bicyclic) bond motifs is 1. The van der Waals surface area contributed by atoms with Gasteiger partial charge in [0.15, 0.2) is 23.1 Å². The van der Waals surface area contributed by atoms with Crippen molar-refractivity contribution >= 4 is 22.5 Å². The predicted molar refractivity (Wildman–Crippen MR) is 92.2 cm³/mol. The van der Waals surface area contributed by atoms with E-state index in [4.69, 9.17) is 13.9 Å². The van der Waals surface area contributed by atoms with Gasteiger partial charge in [-0.3, -0.25) is 5.10 Å². The van der Waals surface area contributed by atoms with Gasteiger partial charge in [-0.25, -0.2) is 9.97 Å². The highest BCUT2D eigenvalue weighted by Crippen LogP contribution is 2.32. The molecule has 0 saturated carbocycles. The van der Waals surface area contributed by atoms with Gasteiger partial charge in [0.25, 0.3) is 0 Å². The molecule has 3 heterocycles. The second kappa shape index (κ2) is 6.16. The number of benzene rings is 1. The molecule has 3 aromatic heterocycles. The maximum Gasteiger partial charge on any atom is 0.165 e. The molecule has 0 fully saturated rings. The molecule has 0 amide bonds. The Bertz CT molecular complexity index is 1010. The molecule has 0 aliphatic carbocycles. The molecular formula is C17H15N5O3. The summed E-state index contributed by atoms with van der Waals surface area (Å²) in [6.07, 6.45) is 4.83. The largest absolute Gasteiger partial charge is 0.493 e. The van der Waals surface area contributed by atoms with Crippen LogP contribution >= 0.6 is 0 Å². The summed E-state index contributed by atoms with van der Waals surface area (Å²) in [5, 5.41) is 10.2. The first-order valence-electron chi connectivity index (χ1n) is 7.51. The van der Waals surface area contributed by atoms with Crippen LogP contribution in [0.2, 0.25) is 0 Å². The summed E-state index contributed by atoms with van der Waals surface area (Å²) in [5.41, 5.74) is 3.00. The van der Waals surface area contributed by atoms with E-state index in [-0.39, 0.29) is 0 Å². The summed E-state index contributed by atoms with van der Waals surface area (Å²) in [7, 11) is 3.19. The standard InChI is InChI=1S/C17H15N5O3/c1-23-13-4-3-11(7-14(13)24-2)19-17-15-12(8-18-22-15)20-16(21-17)10-5-6-25-9-10/h3-9H,1-2H3,(H,18,22)(H,19,20,21). The highest BCUT2D eigenvalue weighted by atomic mass is 16.5. The van der Waals surface area contributed by atoms with E-state index < -0.39 is 0 Å². The Morgan fingerprint density at radius 2 is 1.96 bits per heavy atom. The third kappa shape index (κ3) is 2.74. The fraction of sp³-hybridized carbons (Fsp3) is 0.118. The lowest BCUT2D eigenvalue weighted by Gasteiger charge is -2.11. The maximum atomic E-state index is 5.34. The molecule has 4 rings (SSSR count). The number of hydrogen-bond acceptors (Lipinski definition) is 7. The number of aromatic amines is 1. The molecule has 4 aromatic rings. The highest BCUT2D eigenvalue weighted by Gasteiger charge is 2.13. The molecular weight excluding hydrogens is 322 g/mol. The van der Waals surface area contributed by atoms with Crippen molar-refractivity contribution in [2.24, 2.45) is 0 Å². The molecule has 0 aliphatic heterocycles. The molecule has 0 spiro atoms. The van der Waals surface area contributed by atoms with Crippen LogP contribution in [0.25, 0.3) is 22.4 Å². The van der Waals surface area contributed by atoms with Crippen molar-refractivity contribution in [2.75, 3.05) is 19.5 Å². The van der Waals surface area contributed by atoms with E-state index in [1.54, 1.807) is 39.0 Å². The van der Waals surface area contributed by atoms with Crippen molar-refractivity contribution in [2.45, 2.75) is 0 Å². The second-order valence-electron chi connectivity index (χ2n) is 5.23. The predicted octanol–water partition coefficient (Wildman–Crippen LogP) is 3.37. The number of rotatable bonds is 5. The van der Waals surface area contributed by atoms with Gasteiger partial charge in [0.2, 0.25) is 0 Å². The number of methoxy groups -OCH3 is 2. The van der Waals surface area contributed by atoms with E-state index in [9.17, 15) is 0 Å². The fourth-order valence-electron chi connectivity index (χ4n) is 2.50. The zero-order valence-electron chi connectivity index (χ0n) is 13.6. The number of aromatic nitrogens is 4. The van der Waals surface area contributed by atoms with Crippen LogP contribution in [0.3, 0.4) is 0 Å². The fourth-order valence-corrected chi connectivity index (χ4v) is 2.50. The van der Waals surface area contributed by atoms with Crippen molar-refractivity contribution in [1.82, 2.24) is 20.2 Å². The lowest BCUT2D eigenvalue weighted by atomic mass is 10.2. The van der Waals surface area contributed by atoms with Crippen LogP contribution in [-0.2, 0) is 0 Å². The number of ether oxygens (including phenoxy) is 2. The molecule has 126 valence electrons. The molecule has 8 heteroatoms. The first kappa shape index (κ1) is 15.0. The summed E-state index contributed by atoms with van der Waals surface area (Å²) in [6, 6.07) is 7.34. The highest BCUT2D eigenvalue weighted by molar-refractivity contribution is 5.88. The van der Waals surface area contributed by atoms with E-state index in [0.717, 1.165) is 11.3 Å². The van der Waals surface area contributed by atoms with Crippen LogP contribution < -0.4 is 14.8 Å². The van der Waals surface area contributed by atoms with Crippen molar-refractivity contribution < 1.29 is 13.9 Å². The Morgan fingerprint density at radius 1 is 1.08 bits per heavy atom. The van der Waals surface area contributed by atoms with Crippen molar-refractivity contribution in [3.05, 3.63) is 43.0 Å². The van der Waals surface area contributed by atoms with Crippen LogP contribution in [0, 0.1) is 0 Å². The summed E-state index contributed by atoms with van der Waals surface area (Å²) in [6.45, 7) is 0. The number of nitrogens with one attached hydrogen (secondary N) is 2. The zero-order valence-corrected chi connectivity index (χ0v) is 13.6. The summed E-state index contributed by atoms with van der Waals surface area (Å²) >= 11 is 0. The smallest absolute Gasteiger partial charge is 0.165 e. The molecule has 0 aliphatic rings. The van der Waals surface area contributed by atoms with E-state index >= 15 is 0 Å². The minimum Gasteiger partial charge on any atom is -0.493 e. The van der Waals surface area contributed by atoms with E-state index in [0.29, 0.717) is 34.2 Å². The van der Waals surface area contributed by atoms with Gasteiger partial charge in [0.1, 0.15) is 17.3 Å². The monoisotopic (exact) mass is 337 g/mol. The minimum absolute atomic E-state index is 0.547. The van der Waals surface area contributed by atoms with Gasteiger partial charge in [-0.2, -0.15) is 5.10 Å². The van der Waals surface area contributed by atoms with Gasteiger partial charge >= 0.3 is 0 Å². The van der Waals surface area contributed by atoms with Crippen LogP contribution in [0.15, 0.2) is 47.4 Å². The van der Waals surface area contributed by atoms with Gasteiger partial charge in [-0.1, -0.05) is 0 Å².